The summed E-state index contributed by atoms with van der Waals surface area (Å²) in [6.45, 7) is 10.8. The summed E-state index contributed by atoms with van der Waals surface area (Å²) < 4.78 is 53.6. The molecule has 4 rings (SSSR count). The smallest absolute Gasteiger partial charge is 0.309 e. The van der Waals surface area contributed by atoms with Crippen LogP contribution in [0, 0.1) is 11.8 Å². The lowest BCUT2D eigenvalue weighted by atomic mass is 9.83. The first-order chi connectivity index (χ1) is 26.3. The molecule has 0 saturated carbocycles. The topological polar surface area (TPSA) is 215 Å². The number of allylic oxidation sites excluding steroid dienone is 1. The van der Waals surface area contributed by atoms with E-state index in [2.05, 4.69) is 0 Å². The Hall–Kier alpha value is -2.87. The first-order valence-electron chi connectivity index (χ1n) is 19.3. The highest BCUT2D eigenvalue weighted by Gasteiger charge is 2.53. The Morgan fingerprint density at radius 2 is 1.64 bits per heavy atom. The van der Waals surface area contributed by atoms with E-state index in [1.807, 2.05) is 0 Å². The lowest BCUT2D eigenvalue weighted by Crippen LogP contribution is -2.66. The summed E-state index contributed by atoms with van der Waals surface area (Å²) in [6.07, 6.45) is -8.14. The lowest BCUT2D eigenvalue weighted by Gasteiger charge is -2.50. The molecule has 17 heteroatoms. The number of aliphatic hydroxyl groups excluding tert-OH is 1. The Bertz CT molecular complexity index is 1400. The Morgan fingerprint density at radius 3 is 2.23 bits per heavy atom. The zero-order chi connectivity index (χ0) is 41.6. The van der Waals surface area contributed by atoms with E-state index in [4.69, 9.17) is 42.6 Å². The molecule has 4 heterocycles. The summed E-state index contributed by atoms with van der Waals surface area (Å²) in [6, 6.07) is -0.796. The number of carbonyl (C=O) groups excluding carboxylic acids is 5. The molecule has 3 saturated heterocycles. The Kier molecular flexibility index (Phi) is 16.1. The number of hydrogen-bond donors (Lipinski definition) is 2. The standard InChI is InChI=1S/C39H61NO16/c1-19-15-25(13-14-41)35(36(48-10)29(52-23(5)42)17-30(45)49-20(2)16-28-27(54-28)12-11-26(19)44)56-38-33(46)32(40(8)9)34(21(3)51-38)55-31-18-39(7,47)37(22(4)50-31)53-24(6)43/h11-12,14,19-22,25,27-29,31-38,46-47H,13,15-18H2,1-10H3/b12-11+/t19-,20-,21-,22+,25+,27?,28?,29-,31+,32-,33-,34-,35+,36+,37+,38+,39-/m1/s1. The summed E-state index contributed by atoms with van der Waals surface area (Å²) in [5, 5.41) is 23.2. The number of hydrogen-bond acceptors (Lipinski definition) is 17. The maximum absolute atomic E-state index is 13.4. The Balaban J connectivity index is 1.67. The van der Waals surface area contributed by atoms with E-state index in [9.17, 15) is 34.2 Å². The van der Waals surface area contributed by atoms with Crippen LogP contribution in [0.25, 0.3) is 0 Å². The van der Waals surface area contributed by atoms with Gasteiger partial charge in [0.15, 0.2) is 24.5 Å². The highest BCUT2D eigenvalue weighted by Crippen LogP contribution is 2.38. The SMILES string of the molecule is CO[C@@H]1[C@@H](O[C@@H]2O[C@H](C)[C@@H](O[C@H]3C[C@@](C)(O)[C@@H](OC(C)=O)[C@H](C)O3)[C@H](N(C)C)[C@H]2O)[C@@H](CC=O)C[C@@H](C)C(=O)/C=C/C2OC2C[C@@H](C)OC(=O)C[C@H]1OC(C)=O. The fourth-order valence-electron chi connectivity index (χ4n) is 8.17. The number of aliphatic hydroxyl groups is 2. The van der Waals surface area contributed by atoms with E-state index in [1.165, 1.54) is 34.0 Å². The molecule has 318 valence electrons. The number of ketones is 1. The van der Waals surface area contributed by atoms with E-state index in [1.54, 1.807) is 52.8 Å². The van der Waals surface area contributed by atoms with Gasteiger partial charge in [-0.3, -0.25) is 19.2 Å². The minimum atomic E-state index is -1.50. The first kappa shape index (κ1) is 45.8. The summed E-state index contributed by atoms with van der Waals surface area (Å²) in [4.78, 5) is 64.8. The monoisotopic (exact) mass is 799 g/mol. The largest absolute Gasteiger partial charge is 0.462 e. The molecule has 4 aliphatic rings. The van der Waals surface area contributed by atoms with Crippen LogP contribution in [0.5, 0.6) is 0 Å². The van der Waals surface area contributed by atoms with Crippen LogP contribution in [0.15, 0.2) is 12.2 Å². The fraction of sp³-hybridized carbons (Fsp3) is 0.821. The summed E-state index contributed by atoms with van der Waals surface area (Å²) >= 11 is 0. The van der Waals surface area contributed by atoms with Crippen LogP contribution in [0.4, 0.5) is 0 Å². The second-order valence-corrected chi connectivity index (χ2v) is 16.0. The highest BCUT2D eigenvalue weighted by atomic mass is 16.7. The van der Waals surface area contributed by atoms with Crippen LogP contribution in [0.2, 0.25) is 0 Å². The van der Waals surface area contributed by atoms with Gasteiger partial charge in [-0.05, 0) is 66.3 Å². The van der Waals surface area contributed by atoms with Gasteiger partial charge in [0.2, 0.25) is 0 Å². The third-order valence-corrected chi connectivity index (χ3v) is 10.9. The predicted octanol–water partition coefficient (Wildman–Crippen LogP) is 1.41. The van der Waals surface area contributed by atoms with Gasteiger partial charge >= 0.3 is 17.9 Å². The molecule has 0 aromatic rings. The van der Waals surface area contributed by atoms with Gasteiger partial charge in [-0.1, -0.05) is 6.92 Å². The lowest BCUT2D eigenvalue weighted by molar-refractivity contribution is -0.344. The molecule has 0 spiro atoms. The fourth-order valence-corrected chi connectivity index (χ4v) is 8.17. The molecular formula is C39H61NO16. The van der Waals surface area contributed by atoms with Crippen molar-refractivity contribution in [2.45, 2.75) is 172 Å². The average Bonchev–Trinajstić information content (AvgIpc) is 3.82. The van der Waals surface area contributed by atoms with Crippen molar-refractivity contribution in [2.75, 3.05) is 21.2 Å². The normalized spacial score (nSPS) is 43.2. The number of methoxy groups -OCH3 is 1. The number of fused-ring (bicyclic) bond motifs is 1. The van der Waals surface area contributed by atoms with Crippen LogP contribution in [0.1, 0.15) is 80.6 Å². The molecule has 0 aromatic heterocycles. The summed E-state index contributed by atoms with van der Waals surface area (Å²) in [5.74, 6) is -3.54. The molecule has 56 heavy (non-hydrogen) atoms. The van der Waals surface area contributed by atoms with Crippen molar-refractivity contribution in [1.82, 2.24) is 4.90 Å². The third kappa shape index (κ3) is 11.9. The van der Waals surface area contributed by atoms with Crippen LogP contribution in [-0.2, 0) is 66.6 Å². The molecule has 17 nitrogen and oxygen atoms in total. The maximum Gasteiger partial charge on any atom is 0.309 e. The second kappa shape index (κ2) is 19.7. The molecule has 3 fully saturated rings. The molecule has 2 unspecified atom stereocenters. The summed E-state index contributed by atoms with van der Waals surface area (Å²) in [5.41, 5.74) is -1.50. The molecule has 4 aliphatic heterocycles. The zero-order valence-electron chi connectivity index (χ0n) is 34.1. The van der Waals surface area contributed by atoms with E-state index in [0.29, 0.717) is 12.7 Å². The molecule has 0 radical (unpaired) electrons. The van der Waals surface area contributed by atoms with Crippen molar-refractivity contribution in [1.29, 1.82) is 0 Å². The van der Waals surface area contributed by atoms with Gasteiger partial charge in [-0.25, -0.2) is 0 Å². The van der Waals surface area contributed by atoms with Gasteiger partial charge in [0.1, 0.15) is 48.5 Å². The minimum absolute atomic E-state index is 0.0568. The average molecular weight is 800 g/mol. The Morgan fingerprint density at radius 1 is 0.964 bits per heavy atom. The second-order valence-electron chi connectivity index (χ2n) is 16.0. The maximum atomic E-state index is 13.4. The van der Waals surface area contributed by atoms with Crippen molar-refractivity contribution in [3.05, 3.63) is 12.2 Å². The minimum Gasteiger partial charge on any atom is -0.462 e. The van der Waals surface area contributed by atoms with Crippen LogP contribution < -0.4 is 0 Å². The van der Waals surface area contributed by atoms with E-state index >= 15 is 0 Å². The number of aldehydes is 1. The number of cyclic esters (lactones) is 1. The van der Waals surface area contributed by atoms with Gasteiger partial charge < -0.3 is 62.5 Å². The van der Waals surface area contributed by atoms with E-state index in [0.717, 1.165) is 0 Å². The van der Waals surface area contributed by atoms with Gasteiger partial charge in [-0.2, -0.15) is 0 Å². The van der Waals surface area contributed by atoms with Crippen LogP contribution in [0.3, 0.4) is 0 Å². The molecule has 2 N–H and O–H groups in total. The Labute approximate surface area is 328 Å². The molecule has 17 atom stereocenters. The molecule has 0 aliphatic carbocycles. The number of nitrogens with zero attached hydrogens (tertiary/aromatic N) is 1. The quantitative estimate of drug-likeness (QED) is 0.138. The predicted molar refractivity (Wildman–Crippen MR) is 195 cm³/mol. The van der Waals surface area contributed by atoms with Crippen molar-refractivity contribution in [2.24, 2.45) is 11.8 Å². The van der Waals surface area contributed by atoms with Gasteiger partial charge in [-0.15, -0.1) is 0 Å². The number of carbonyl (C=O) groups is 5. The van der Waals surface area contributed by atoms with Gasteiger partial charge in [0, 0.05) is 46.1 Å². The third-order valence-electron chi connectivity index (χ3n) is 10.9. The van der Waals surface area contributed by atoms with Crippen LogP contribution in [-0.4, -0.2) is 158 Å². The number of esters is 3. The molecule has 0 aromatic carbocycles. The number of ether oxygens (including phenoxy) is 9. The highest BCUT2D eigenvalue weighted by molar-refractivity contribution is 5.91. The first-order valence-corrected chi connectivity index (χ1v) is 19.3. The summed E-state index contributed by atoms with van der Waals surface area (Å²) in [7, 11) is 4.80. The number of rotatable bonds is 10. The molecular weight excluding hydrogens is 738 g/mol. The zero-order valence-corrected chi connectivity index (χ0v) is 34.1. The van der Waals surface area contributed by atoms with Crippen LogP contribution >= 0.6 is 0 Å². The molecule has 0 amide bonds. The van der Waals surface area contributed by atoms with Gasteiger partial charge in [0.05, 0.1) is 36.9 Å². The van der Waals surface area contributed by atoms with Gasteiger partial charge in [0.25, 0.3) is 0 Å². The number of epoxide rings is 1. The van der Waals surface area contributed by atoms with Crippen molar-refractivity contribution < 1.29 is 76.8 Å². The van der Waals surface area contributed by atoms with Crippen molar-refractivity contribution in [3.63, 3.8) is 0 Å². The van der Waals surface area contributed by atoms with Crippen molar-refractivity contribution in [3.8, 4) is 0 Å². The molecule has 0 bridgehead atoms. The van der Waals surface area contributed by atoms with E-state index in [-0.39, 0.29) is 37.3 Å². The van der Waals surface area contributed by atoms with Crippen molar-refractivity contribution >= 4 is 30.0 Å². The number of likely N-dealkylation sites (N-methyl/N-ethyl adjacent to an activating group) is 1. The van der Waals surface area contributed by atoms with E-state index < -0.39 is 115 Å².